The van der Waals surface area contributed by atoms with Crippen LogP contribution in [-0.2, 0) is 14.6 Å². The molecule has 1 amide bonds. The Morgan fingerprint density at radius 2 is 1.76 bits per heavy atom. The fourth-order valence-electron chi connectivity index (χ4n) is 3.37. The predicted molar refractivity (Wildman–Crippen MR) is 82.9 cm³/mol. The zero-order valence-electron chi connectivity index (χ0n) is 13.3. The highest BCUT2D eigenvalue weighted by Crippen LogP contribution is 2.22. The van der Waals surface area contributed by atoms with E-state index in [1.807, 2.05) is 4.90 Å². The summed E-state index contributed by atoms with van der Waals surface area (Å²) in [4.78, 5) is 18.0. The predicted octanol–water partition coefficient (Wildman–Crippen LogP) is -0.485. The molecular formula is C14H27N3O3S. The lowest BCUT2D eigenvalue weighted by molar-refractivity contribution is -0.130. The minimum atomic E-state index is -2.89. The van der Waals surface area contributed by atoms with Crippen LogP contribution in [0, 0.1) is 5.92 Å². The molecule has 7 heteroatoms. The minimum Gasteiger partial charge on any atom is -0.340 e. The molecule has 2 heterocycles. The van der Waals surface area contributed by atoms with Gasteiger partial charge >= 0.3 is 0 Å². The van der Waals surface area contributed by atoms with Crippen molar-refractivity contribution < 1.29 is 13.2 Å². The van der Waals surface area contributed by atoms with Crippen molar-refractivity contribution in [2.24, 2.45) is 5.92 Å². The zero-order valence-corrected chi connectivity index (χ0v) is 14.1. The van der Waals surface area contributed by atoms with Crippen molar-refractivity contribution in [3.8, 4) is 0 Å². The Morgan fingerprint density at radius 1 is 1.14 bits per heavy atom. The Balaban J connectivity index is 1.83. The van der Waals surface area contributed by atoms with Gasteiger partial charge in [-0.25, -0.2) is 8.42 Å². The van der Waals surface area contributed by atoms with Crippen molar-refractivity contribution in [1.82, 2.24) is 14.7 Å². The lowest BCUT2D eigenvalue weighted by atomic mass is 10.0. The standard InChI is InChI=1S/C14H27N3O3S/c1-12-10-15(8-9-21(3,19)20)11-14(12)17-6-4-16(5-7-17)13(2)18/h12,14H,4-11H2,1-3H3/t12-,14-/m0/s1. The van der Waals surface area contributed by atoms with Gasteiger partial charge in [-0.15, -0.1) is 0 Å². The molecule has 0 N–H and O–H groups in total. The van der Waals surface area contributed by atoms with Crippen LogP contribution in [0.2, 0.25) is 0 Å². The highest BCUT2D eigenvalue weighted by molar-refractivity contribution is 7.90. The van der Waals surface area contributed by atoms with Gasteiger partial charge in [0.1, 0.15) is 9.84 Å². The summed E-state index contributed by atoms with van der Waals surface area (Å²) in [6, 6.07) is 0.485. The average Bonchev–Trinajstić information content (AvgIpc) is 2.77. The summed E-state index contributed by atoms with van der Waals surface area (Å²) in [7, 11) is -2.89. The Hall–Kier alpha value is -0.660. The third-order valence-corrected chi connectivity index (χ3v) is 5.58. The molecule has 2 atom stereocenters. The molecule has 2 aliphatic rings. The Bertz CT molecular complexity index is 472. The molecule has 0 spiro atoms. The van der Waals surface area contributed by atoms with Gasteiger partial charge in [-0.3, -0.25) is 9.69 Å². The molecule has 0 aromatic rings. The number of carbonyl (C=O) groups is 1. The third kappa shape index (κ3) is 4.66. The minimum absolute atomic E-state index is 0.156. The summed E-state index contributed by atoms with van der Waals surface area (Å²) < 4.78 is 22.6. The Kier molecular flexibility index (Phi) is 5.27. The molecule has 2 fully saturated rings. The smallest absolute Gasteiger partial charge is 0.219 e. The summed E-state index contributed by atoms with van der Waals surface area (Å²) in [5, 5.41) is 0. The van der Waals surface area contributed by atoms with E-state index in [1.54, 1.807) is 6.92 Å². The van der Waals surface area contributed by atoms with Crippen molar-refractivity contribution in [2.45, 2.75) is 19.9 Å². The maximum atomic E-state index is 11.4. The lowest BCUT2D eigenvalue weighted by Crippen LogP contribution is -2.53. The highest BCUT2D eigenvalue weighted by atomic mass is 32.2. The normalized spacial score (nSPS) is 29.0. The van der Waals surface area contributed by atoms with Gasteiger partial charge in [0.2, 0.25) is 5.91 Å². The van der Waals surface area contributed by atoms with Crippen LogP contribution >= 0.6 is 0 Å². The first kappa shape index (κ1) is 16.7. The molecule has 21 heavy (non-hydrogen) atoms. The van der Waals surface area contributed by atoms with Crippen LogP contribution in [0.1, 0.15) is 13.8 Å². The maximum absolute atomic E-state index is 11.4. The number of hydrogen-bond acceptors (Lipinski definition) is 5. The van der Waals surface area contributed by atoms with Crippen LogP contribution in [0.5, 0.6) is 0 Å². The number of hydrogen-bond donors (Lipinski definition) is 0. The number of piperazine rings is 1. The maximum Gasteiger partial charge on any atom is 0.219 e. The summed E-state index contributed by atoms with van der Waals surface area (Å²) >= 11 is 0. The van der Waals surface area contributed by atoms with E-state index in [-0.39, 0.29) is 11.7 Å². The van der Waals surface area contributed by atoms with E-state index >= 15 is 0 Å². The number of rotatable bonds is 4. The number of sulfone groups is 1. The molecule has 0 bridgehead atoms. The van der Waals surface area contributed by atoms with Crippen LogP contribution in [0.3, 0.4) is 0 Å². The number of carbonyl (C=O) groups excluding carboxylic acids is 1. The van der Waals surface area contributed by atoms with Crippen molar-refractivity contribution in [1.29, 1.82) is 0 Å². The number of likely N-dealkylation sites (tertiary alicyclic amines) is 1. The Morgan fingerprint density at radius 3 is 2.29 bits per heavy atom. The van der Waals surface area contributed by atoms with Crippen LogP contribution < -0.4 is 0 Å². The zero-order chi connectivity index (χ0) is 15.6. The van der Waals surface area contributed by atoms with Gasteiger partial charge < -0.3 is 9.80 Å². The number of amides is 1. The molecule has 0 aromatic heterocycles. The first-order chi connectivity index (χ1) is 9.76. The highest BCUT2D eigenvalue weighted by Gasteiger charge is 2.35. The van der Waals surface area contributed by atoms with Gasteiger partial charge in [-0.1, -0.05) is 6.92 Å². The Labute approximate surface area is 128 Å². The van der Waals surface area contributed by atoms with E-state index < -0.39 is 9.84 Å². The molecule has 0 radical (unpaired) electrons. The molecule has 6 nitrogen and oxygen atoms in total. The molecule has 122 valence electrons. The van der Waals surface area contributed by atoms with Crippen molar-refractivity contribution in [2.75, 3.05) is 57.8 Å². The lowest BCUT2D eigenvalue weighted by Gasteiger charge is -2.39. The van der Waals surface area contributed by atoms with E-state index in [9.17, 15) is 13.2 Å². The summed E-state index contributed by atoms with van der Waals surface area (Å²) in [5.41, 5.74) is 0. The van der Waals surface area contributed by atoms with Crippen molar-refractivity contribution in [3.05, 3.63) is 0 Å². The van der Waals surface area contributed by atoms with Crippen LogP contribution in [-0.4, -0.2) is 92.9 Å². The van der Waals surface area contributed by atoms with Crippen molar-refractivity contribution >= 4 is 15.7 Å². The van der Waals surface area contributed by atoms with Gasteiger partial charge in [0.25, 0.3) is 0 Å². The van der Waals surface area contributed by atoms with Crippen molar-refractivity contribution in [3.63, 3.8) is 0 Å². The summed E-state index contributed by atoms with van der Waals surface area (Å²) in [6.45, 7) is 9.87. The number of nitrogens with zero attached hydrogens (tertiary/aromatic N) is 3. The van der Waals surface area contributed by atoms with Gasteiger partial charge in [-0.05, 0) is 5.92 Å². The van der Waals surface area contributed by atoms with Crippen LogP contribution in [0.15, 0.2) is 0 Å². The largest absolute Gasteiger partial charge is 0.340 e. The fraction of sp³-hybridized carbons (Fsp3) is 0.929. The SMILES string of the molecule is CC(=O)N1CCN([C@H]2CN(CCS(C)(=O)=O)C[C@@H]2C)CC1. The van der Waals surface area contributed by atoms with Gasteiger partial charge in [0, 0.05) is 65.0 Å². The van der Waals surface area contributed by atoms with Crippen LogP contribution in [0.25, 0.3) is 0 Å². The first-order valence-electron chi connectivity index (χ1n) is 7.66. The molecule has 0 unspecified atom stereocenters. The second kappa shape index (κ2) is 6.62. The molecular weight excluding hydrogens is 290 g/mol. The molecule has 2 saturated heterocycles. The fourth-order valence-corrected chi connectivity index (χ4v) is 3.96. The average molecular weight is 317 g/mol. The van der Waals surface area contributed by atoms with Gasteiger partial charge in [0.05, 0.1) is 5.75 Å². The van der Waals surface area contributed by atoms with Gasteiger partial charge in [-0.2, -0.15) is 0 Å². The van der Waals surface area contributed by atoms with E-state index in [4.69, 9.17) is 0 Å². The molecule has 2 aliphatic heterocycles. The summed E-state index contributed by atoms with van der Waals surface area (Å²) in [6.07, 6.45) is 1.30. The summed E-state index contributed by atoms with van der Waals surface area (Å²) in [5.74, 6) is 0.946. The van der Waals surface area contributed by atoms with E-state index in [2.05, 4.69) is 16.7 Å². The first-order valence-corrected chi connectivity index (χ1v) is 9.72. The molecule has 0 saturated carbocycles. The second-order valence-corrected chi connectivity index (χ2v) is 8.74. The third-order valence-electron chi connectivity index (χ3n) is 4.66. The van der Waals surface area contributed by atoms with E-state index in [1.165, 1.54) is 6.26 Å². The quantitative estimate of drug-likeness (QED) is 0.701. The van der Waals surface area contributed by atoms with Gasteiger partial charge in [0.15, 0.2) is 0 Å². The van der Waals surface area contributed by atoms with E-state index in [0.717, 1.165) is 39.3 Å². The molecule has 0 aromatic carbocycles. The monoisotopic (exact) mass is 317 g/mol. The second-order valence-electron chi connectivity index (χ2n) is 6.48. The molecule has 2 rings (SSSR count). The van der Waals surface area contributed by atoms with Crippen LogP contribution in [0.4, 0.5) is 0 Å². The molecule has 0 aliphatic carbocycles. The topological polar surface area (TPSA) is 60.9 Å². The van der Waals surface area contributed by atoms with E-state index in [0.29, 0.717) is 18.5 Å².